The molecule has 0 aliphatic rings. The predicted molar refractivity (Wildman–Crippen MR) is 130 cm³/mol. The maximum atomic E-state index is 13.1. The van der Waals surface area contributed by atoms with Gasteiger partial charge in [-0.25, -0.2) is 4.98 Å². The molecule has 0 atom stereocenters. The van der Waals surface area contributed by atoms with Crippen LogP contribution in [-0.4, -0.2) is 37.9 Å². The van der Waals surface area contributed by atoms with Crippen molar-refractivity contribution in [2.45, 2.75) is 34.1 Å². The SMILES string of the molecule is CC/C(C)=N/Nc1nc2cc(C)c(NC(=O)c3cc(OC)c(OC)c(OC)c3)c(C)c2s1. The molecule has 0 saturated heterocycles. The minimum absolute atomic E-state index is 0.277. The van der Waals surface area contributed by atoms with Crippen LogP contribution in [0.5, 0.6) is 17.2 Å². The van der Waals surface area contributed by atoms with E-state index in [-0.39, 0.29) is 5.91 Å². The molecule has 2 N–H and O–H groups in total. The van der Waals surface area contributed by atoms with Crippen LogP contribution in [0.3, 0.4) is 0 Å². The van der Waals surface area contributed by atoms with E-state index in [1.807, 2.05) is 26.8 Å². The first-order chi connectivity index (χ1) is 15.3. The van der Waals surface area contributed by atoms with Gasteiger partial charge in [0.05, 0.1) is 31.5 Å². The van der Waals surface area contributed by atoms with Crippen LogP contribution in [0, 0.1) is 13.8 Å². The fourth-order valence-corrected chi connectivity index (χ4v) is 4.14. The summed E-state index contributed by atoms with van der Waals surface area (Å²) in [5, 5.41) is 8.08. The highest BCUT2D eigenvalue weighted by atomic mass is 32.1. The van der Waals surface area contributed by atoms with Crippen molar-refractivity contribution in [2.24, 2.45) is 5.10 Å². The number of carbonyl (C=O) groups excluding carboxylic acids is 1. The number of fused-ring (bicyclic) bond motifs is 1. The third kappa shape index (κ3) is 4.62. The van der Waals surface area contributed by atoms with E-state index in [9.17, 15) is 4.79 Å². The number of thiazole rings is 1. The molecule has 8 nitrogen and oxygen atoms in total. The number of amides is 1. The summed E-state index contributed by atoms with van der Waals surface area (Å²) in [6.07, 6.45) is 0.868. The summed E-state index contributed by atoms with van der Waals surface area (Å²) in [4.78, 5) is 17.7. The number of carbonyl (C=O) groups is 1. The van der Waals surface area contributed by atoms with E-state index < -0.39 is 0 Å². The van der Waals surface area contributed by atoms with Crippen LogP contribution in [-0.2, 0) is 0 Å². The van der Waals surface area contributed by atoms with Gasteiger partial charge < -0.3 is 19.5 Å². The smallest absolute Gasteiger partial charge is 0.255 e. The molecule has 0 aliphatic heterocycles. The lowest BCUT2D eigenvalue weighted by atomic mass is 10.1. The number of rotatable bonds is 8. The van der Waals surface area contributed by atoms with Gasteiger partial charge in [0.15, 0.2) is 11.5 Å². The van der Waals surface area contributed by atoms with Crippen LogP contribution in [0.15, 0.2) is 23.3 Å². The molecule has 0 unspecified atom stereocenters. The Hall–Kier alpha value is -3.33. The third-order valence-corrected chi connectivity index (χ3v) is 6.23. The van der Waals surface area contributed by atoms with Gasteiger partial charge in [-0.15, -0.1) is 0 Å². The standard InChI is InChI=1S/C23H28N4O4S/c1-8-13(3)26-27-23-24-16-9-12(2)19(14(4)21(16)32-23)25-22(28)15-10-17(29-5)20(31-7)18(11-15)30-6/h9-11H,8H2,1-7H3,(H,24,27)(H,25,28)/b26-13+. The highest BCUT2D eigenvalue weighted by Crippen LogP contribution is 2.39. The van der Waals surface area contributed by atoms with Crippen molar-refractivity contribution < 1.29 is 19.0 Å². The number of nitrogens with zero attached hydrogens (tertiary/aromatic N) is 2. The molecule has 32 heavy (non-hydrogen) atoms. The van der Waals surface area contributed by atoms with Crippen LogP contribution in [0.4, 0.5) is 10.8 Å². The lowest BCUT2D eigenvalue weighted by Crippen LogP contribution is -2.14. The number of hydrogen-bond donors (Lipinski definition) is 2. The zero-order chi connectivity index (χ0) is 23.4. The van der Waals surface area contributed by atoms with Crippen LogP contribution < -0.4 is 25.0 Å². The topological polar surface area (TPSA) is 94.1 Å². The molecular formula is C23H28N4O4S. The predicted octanol–water partition coefficient (Wildman–Crippen LogP) is 5.39. The van der Waals surface area contributed by atoms with E-state index in [1.165, 1.54) is 32.7 Å². The maximum absolute atomic E-state index is 13.1. The van der Waals surface area contributed by atoms with E-state index >= 15 is 0 Å². The molecule has 170 valence electrons. The number of benzene rings is 2. The minimum atomic E-state index is -0.277. The molecule has 3 aromatic rings. The average Bonchev–Trinajstić information content (AvgIpc) is 3.21. The van der Waals surface area contributed by atoms with E-state index in [0.29, 0.717) is 27.9 Å². The van der Waals surface area contributed by atoms with Gasteiger partial charge in [0, 0.05) is 17.0 Å². The molecule has 2 aromatic carbocycles. The maximum Gasteiger partial charge on any atom is 0.255 e. The first kappa shape index (κ1) is 23.3. The molecular weight excluding hydrogens is 428 g/mol. The van der Waals surface area contributed by atoms with Crippen molar-refractivity contribution >= 4 is 44.0 Å². The summed E-state index contributed by atoms with van der Waals surface area (Å²) in [5.41, 5.74) is 7.89. The Bertz CT molecular complexity index is 1160. The molecule has 1 amide bonds. The fourth-order valence-electron chi connectivity index (χ4n) is 3.25. The summed E-state index contributed by atoms with van der Waals surface area (Å²) in [7, 11) is 4.56. The van der Waals surface area contributed by atoms with Crippen LogP contribution in [0.1, 0.15) is 41.8 Å². The number of hydrazone groups is 1. The second-order valence-electron chi connectivity index (χ2n) is 7.24. The Morgan fingerprint density at radius 2 is 1.75 bits per heavy atom. The summed E-state index contributed by atoms with van der Waals surface area (Å²) in [6.45, 7) is 7.94. The van der Waals surface area contributed by atoms with E-state index in [0.717, 1.165) is 39.2 Å². The van der Waals surface area contributed by atoms with Gasteiger partial charge >= 0.3 is 0 Å². The number of aryl methyl sites for hydroxylation is 2. The van der Waals surface area contributed by atoms with Gasteiger partial charge in [-0.1, -0.05) is 18.3 Å². The lowest BCUT2D eigenvalue weighted by molar-refractivity contribution is 0.102. The van der Waals surface area contributed by atoms with Crippen molar-refractivity contribution in [1.29, 1.82) is 0 Å². The lowest BCUT2D eigenvalue weighted by Gasteiger charge is -2.15. The first-order valence-corrected chi connectivity index (χ1v) is 11.0. The summed E-state index contributed by atoms with van der Waals surface area (Å²) in [6, 6.07) is 5.22. The first-order valence-electron chi connectivity index (χ1n) is 10.1. The summed E-state index contributed by atoms with van der Waals surface area (Å²) in [5.74, 6) is 0.996. The van der Waals surface area contributed by atoms with Gasteiger partial charge in [0.25, 0.3) is 5.91 Å². The number of aromatic nitrogens is 1. The molecule has 3 rings (SSSR count). The Labute approximate surface area is 191 Å². The van der Waals surface area contributed by atoms with Crippen molar-refractivity contribution in [1.82, 2.24) is 4.98 Å². The molecule has 1 heterocycles. The van der Waals surface area contributed by atoms with Gasteiger partial charge in [0.2, 0.25) is 10.9 Å². The molecule has 0 fully saturated rings. The number of anilines is 2. The summed E-state index contributed by atoms with van der Waals surface area (Å²) >= 11 is 1.50. The van der Waals surface area contributed by atoms with E-state index in [4.69, 9.17) is 14.2 Å². The second-order valence-corrected chi connectivity index (χ2v) is 8.24. The zero-order valence-electron chi connectivity index (χ0n) is 19.4. The number of ether oxygens (including phenoxy) is 3. The zero-order valence-corrected chi connectivity index (χ0v) is 20.2. The Morgan fingerprint density at radius 1 is 1.09 bits per heavy atom. The minimum Gasteiger partial charge on any atom is -0.493 e. The molecule has 9 heteroatoms. The van der Waals surface area contributed by atoms with Crippen LogP contribution >= 0.6 is 11.3 Å². The Kier molecular flexibility index (Phi) is 7.19. The highest BCUT2D eigenvalue weighted by Gasteiger charge is 2.19. The molecule has 0 spiro atoms. The molecule has 0 saturated carbocycles. The number of methoxy groups -OCH3 is 3. The normalized spacial score (nSPS) is 11.4. The molecule has 0 radical (unpaired) electrons. The molecule has 1 aromatic heterocycles. The van der Waals surface area contributed by atoms with Crippen molar-refractivity contribution in [3.05, 3.63) is 34.9 Å². The molecule has 0 aliphatic carbocycles. The van der Waals surface area contributed by atoms with Crippen molar-refractivity contribution in [2.75, 3.05) is 32.1 Å². The average molecular weight is 457 g/mol. The molecule has 0 bridgehead atoms. The van der Waals surface area contributed by atoms with Gasteiger partial charge in [-0.05, 0) is 56.5 Å². The number of nitrogens with one attached hydrogen (secondary N) is 2. The number of hydrogen-bond acceptors (Lipinski definition) is 8. The van der Waals surface area contributed by atoms with Gasteiger partial charge in [0.1, 0.15) is 0 Å². The Balaban J connectivity index is 1.95. The largest absolute Gasteiger partial charge is 0.493 e. The van der Waals surface area contributed by atoms with Crippen LogP contribution in [0.25, 0.3) is 10.2 Å². The van der Waals surface area contributed by atoms with Gasteiger partial charge in [-0.3, -0.25) is 10.2 Å². The highest BCUT2D eigenvalue weighted by molar-refractivity contribution is 7.22. The second kappa shape index (κ2) is 9.86. The fraction of sp³-hybridized carbons (Fsp3) is 0.348. The van der Waals surface area contributed by atoms with Crippen LogP contribution in [0.2, 0.25) is 0 Å². The summed E-state index contributed by atoms with van der Waals surface area (Å²) < 4.78 is 17.1. The van der Waals surface area contributed by atoms with Crippen molar-refractivity contribution in [3.63, 3.8) is 0 Å². The monoisotopic (exact) mass is 456 g/mol. The van der Waals surface area contributed by atoms with Crippen molar-refractivity contribution in [3.8, 4) is 17.2 Å². The van der Waals surface area contributed by atoms with Gasteiger partial charge in [-0.2, -0.15) is 5.10 Å². The quantitative estimate of drug-likeness (QED) is 0.349. The van der Waals surface area contributed by atoms with E-state index in [2.05, 4.69) is 27.8 Å². The van der Waals surface area contributed by atoms with E-state index in [1.54, 1.807) is 12.1 Å². The third-order valence-electron chi connectivity index (χ3n) is 5.14. The Morgan fingerprint density at radius 3 is 2.31 bits per heavy atom.